The van der Waals surface area contributed by atoms with Crippen LogP contribution in [-0.4, -0.2) is 42.1 Å². The van der Waals surface area contributed by atoms with Crippen LogP contribution in [0.25, 0.3) is 0 Å². The molecule has 0 aromatic carbocycles. The van der Waals surface area contributed by atoms with Crippen molar-refractivity contribution in [2.24, 2.45) is 5.92 Å². The van der Waals surface area contributed by atoms with Crippen LogP contribution in [0.5, 0.6) is 0 Å². The average Bonchev–Trinajstić information content (AvgIpc) is 2.23. The first-order valence-electron chi connectivity index (χ1n) is 5.31. The predicted octanol–water partition coefficient (Wildman–Crippen LogP) is 1.31. The molecule has 0 spiro atoms. The lowest BCUT2D eigenvalue weighted by molar-refractivity contribution is -0.141. The number of aliphatic carboxylic acids is 1. The molecule has 16 heavy (non-hydrogen) atoms. The summed E-state index contributed by atoms with van der Waals surface area (Å²) >= 11 is 0. The molecule has 0 aliphatic rings. The van der Waals surface area contributed by atoms with E-state index >= 15 is 0 Å². The van der Waals surface area contributed by atoms with Crippen LogP contribution in [0, 0.1) is 5.92 Å². The van der Waals surface area contributed by atoms with Crippen molar-refractivity contribution >= 4 is 12.0 Å². The maximum absolute atomic E-state index is 11.4. The molecule has 1 atom stereocenters. The molecule has 0 radical (unpaired) electrons. The molecule has 0 bridgehead atoms. The molecule has 0 saturated heterocycles. The van der Waals surface area contributed by atoms with Crippen LogP contribution in [0.15, 0.2) is 12.7 Å². The Labute approximate surface area is 96.1 Å². The molecule has 0 aliphatic heterocycles. The second-order valence-electron chi connectivity index (χ2n) is 3.78. The van der Waals surface area contributed by atoms with E-state index in [2.05, 4.69) is 11.9 Å². The third-order valence-corrected chi connectivity index (χ3v) is 2.26. The van der Waals surface area contributed by atoms with Gasteiger partial charge in [0.2, 0.25) is 0 Å². The highest BCUT2D eigenvalue weighted by Gasteiger charge is 2.10. The molecule has 5 heteroatoms. The van der Waals surface area contributed by atoms with Gasteiger partial charge in [0.05, 0.1) is 5.92 Å². The van der Waals surface area contributed by atoms with Gasteiger partial charge in [-0.25, -0.2) is 4.79 Å². The fourth-order valence-corrected chi connectivity index (χ4v) is 1.14. The lowest BCUT2D eigenvalue weighted by Gasteiger charge is -2.15. The molecule has 92 valence electrons. The summed E-state index contributed by atoms with van der Waals surface area (Å²) in [4.78, 5) is 23.4. The highest BCUT2D eigenvalue weighted by Crippen LogP contribution is 2.04. The Bertz CT molecular complexity index is 254. The van der Waals surface area contributed by atoms with E-state index in [1.54, 1.807) is 20.0 Å². The zero-order chi connectivity index (χ0) is 12.6. The Kier molecular flexibility index (Phi) is 7.00. The average molecular weight is 228 g/mol. The van der Waals surface area contributed by atoms with Gasteiger partial charge in [-0.05, 0) is 12.8 Å². The summed E-state index contributed by atoms with van der Waals surface area (Å²) in [5.74, 6) is -1.15. The van der Waals surface area contributed by atoms with E-state index < -0.39 is 5.97 Å². The van der Waals surface area contributed by atoms with Gasteiger partial charge in [-0.1, -0.05) is 13.0 Å². The Morgan fingerprint density at radius 3 is 2.69 bits per heavy atom. The topological polar surface area (TPSA) is 69.6 Å². The molecule has 0 aromatic rings. The highest BCUT2D eigenvalue weighted by atomic mass is 16.4. The van der Waals surface area contributed by atoms with Crippen molar-refractivity contribution in [1.29, 1.82) is 0 Å². The molecular weight excluding hydrogens is 208 g/mol. The molecule has 0 aromatic heterocycles. The van der Waals surface area contributed by atoms with Gasteiger partial charge in [-0.2, -0.15) is 0 Å². The number of nitrogens with zero attached hydrogens (tertiary/aromatic N) is 1. The van der Waals surface area contributed by atoms with Gasteiger partial charge >= 0.3 is 12.0 Å². The standard InChI is InChI=1S/C11H20N2O3/c1-4-8-13(3)11(16)12-7-5-6-9(2)10(14)15/h4,9H,1,5-8H2,2-3H3,(H,12,16)(H,14,15). The Balaban J connectivity index is 3.62. The molecule has 2 amide bonds. The van der Waals surface area contributed by atoms with Crippen LogP contribution >= 0.6 is 0 Å². The summed E-state index contributed by atoms with van der Waals surface area (Å²) in [7, 11) is 1.68. The van der Waals surface area contributed by atoms with Crippen molar-refractivity contribution in [2.75, 3.05) is 20.1 Å². The normalized spacial score (nSPS) is 11.6. The molecule has 0 saturated carbocycles. The number of carboxylic acids is 1. The molecule has 0 aliphatic carbocycles. The molecule has 0 fully saturated rings. The van der Waals surface area contributed by atoms with E-state index in [9.17, 15) is 9.59 Å². The van der Waals surface area contributed by atoms with E-state index in [0.717, 1.165) is 0 Å². The molecule has 1 unspecified atom stereocenters. The zero-order valence-electron chi connectivity index (χ0n) is 9.90. The second kappa shape index (κ2) is 7.73. The molecular formula is C11H20N2O3. The molecule has 0 heterocycles. The number of carboxylic acid groups (broad SMARTS) is 1. The zero-order valence-corrected chi connectivity index (χ0v) is 9.90. The van der Waals surface area contributed by atoms with Crippen molar-refractivity contribution in [2.45, 2.75) is 19.8 Å². The van der Waals surface area contributed by atoms with Crippen LogP contribution in [0.2, 0.25) is 0 Å². The van der Waals surface area contributed by atoms with Gasteiger partial charge in [-0.15, -0.1) is 6.58 Å². The van der Waals surface area contributed by atoms with E-state index in [0.29, 0.717) is 25.9 Å². The lowest BCUT2D eigenvalue weighted by Crippen LogP contribution is -2.37. The van der Waals surface area contributed by atoms with Gasteiger partial charge in [0.15, 0.2) is 0 Å². The van der Waals surface area contributed by atoms with Crippen molar-refractivity contribution in [3.05, 3.63) is 12.7 Å². The summed E-state index contributed by atoms with van der Waals surface area (Å²) < 4.78 is 0. The smallest absolute Gasteiger partial charge is 0.317 e. The third-order valence-electron chi connectivity index (χ3n) is 2.26. The number of amides is 2. The Hall–Kier alpha value is -1.52. The Morgan fingerprint density at radius 1 is 1.56 bits per heavy atom. The van der Waals surface area contributed by atoms with Gasteiger partial charge in [0, 0.05) is 20.1 Å². The maximum Gasteiger partial charge on any atom is 0.317 e. The van der Waals surface area contributed by atoms with E-state index in [4.69, 9.17) is 5.11 Å². The van der Waals surface area contributed by atoms with Crippen molar-refractivity contribution in [3.8, 4) is 0 Å². The first-order chi connectivity index (χ1) is 7.49. The number of nitrogens with one attached hydrogen (secondary N) is 1. The SMILES string of the molecule is C=CCN(C)C(=O)NCCCC(C)C(=O)O. The number of likely N-dealkylation sites (N-methyl/N-ethyl adjacent to an activating group) is 1. The fourth-order valence-electron chi connectivity index (χ4n) is 1.14. The van der Waals surface area contributed by atoms with Crippen LogP contribution in [0.1, 0.15) is 19.8 Å². The lowest BCUT2D eigenvalue weighted by atomic mass is 10.1. The minimum atomic E-state index is -0.796. The monoisotopic (exact) mass is 228 g/mol. The molecule has 0 rings (SSSR count). The van der Waals surface area contributed by atoms with Crippen LogP contribution in [0.3, 0.4) is 0 Å². The van der Waals surface area contributed by atoms with Crippen LogP contribution in [-0.2, 0) is 4.79 Å². The second-order valence-corrected chi connectivity index (χ2v) is 3.78. The minimum absolute atomic E-state index is 0.164. The van der Waals surface area contributed by atoms with Crippen molar-refractivity contribution in [3.63, 3.8) is 0 Å². The van der Waals surface area contributed by atoms with E-state index in [1.807, 2.05) is 0 Å². The summed E-state index contributed by atoms with van der Waals surface area (Å²) in [6, 6.07) is -0.164. The van der Waals surface area contributed by atoms with Crippen LogP contribution < -0.4 is 5.32 Å². The number of hydrogen-bond donors (Lipinski definition) is 2. The number of rotatable bonds is 7. The first-order valence-corrected chi connectivity index (χ1v) is 5.31. The van der Waals surface area contributed by atoms with Gasteiger partial charge in [0.1, 0.15) is 0 Å². The third kappa shape index (κ3) is 6.06. The minimum Gasteiger partial charge on any atom is -0.481 e. The van der Waals surface area contributed by atoms with Crippen molar-refractivity contribution < 1.29 is 14.7 Å². The maximum atomic E-state index is 11.4. The van der Waals surface area contributed by atoms with Gasteiger partial charge in [-0.3, -0.25) is 4.79 Å². The number of carbonyl (C=O) groups is 2. The number of hydrogen-bond acceptors (Lipinski definition) is 2. The number of urea groups is 1. The van der Waals surface area contributed by atoms with Gasteiger partial charge in [0.25, 0.3) is 0 Å². The highest BCUT2D eigenvalue weighted by molar-refractivity contribution is 5.74. The van der Waals surface area contributed by atoms with E-state index in [1.165, 1.54) is 4.90 Å². The summed E-state index contributed by atoms with van der Waals surface area (Å²) in [5.41, 5.74) is 0. The fraction of sp³-hybridized carbons (Fsp3) is 0.636. The largest absolute Gasteiger partial charge is 0.481 e. The first kappa shape index (κ1) is 14.5. The van der Waals surface area contributed by atoms with Gasteiger partial charge < -0.3 is 15.3 Å². The quantitative estimate of drug-likeness (QED) is 0.510. The predicted molar refractivity (Wildman–Crippen MR) is 62.3 cm³/mol. The number of carbonyl (C=O) groups excluding carboxylic acids is 1. The van der Waals surface area contributed by atoms with E-state index in [-0.39, 0.29) is 11.9 Å². The summed E-state index contributed by atoms with van der Waals surface area (Å²) in [6.07, 6.45) is 2.88. The molecule has 5 nitrogen and oxygen atoms in total. The molecule has 2 N–H and O–H groups in total. The summed E-state index contributed by atoms with van der Waals surface area (Å²) in [5, 5.41) is 11.3. The van der Waals surface area contributed by atoms with Crippen molar-refractivity contribution in [1.82, 2.24) is 10.2 Å². The van der Waals surface area contributed by atoms with Crippen LogP contribution in [0.4, 0.5) is 4.79 Å². The summed E-state index contributed by atoms with van der Waals surface area (Å²) in [6.45, 7) is 6.19. The Morgan fingerprint density at radius 2 is 2.19 bits per heavy atom.